The minimum absolute atomic E-state index is 0.314. The highest BCUT2D eigenvalue weighted by Crippen LogP contribution is 2.52. The van der Waals surface area contributed by atoms with Gasteiger partial charge in [0, 0.05) is 5.41 Å². The molecule has 0 radical (unpaired) electrons. The minimum Gasteiger partial charge on any atom is -0.497 e. The van der Waals surface area contributed by atoms with E-state index in [9.17, 15) is 0 Å². The predicted molar refractivity (Wildman–Crippen MR) is 83.8 cm³/mol. The SMILES string of the molecule is COc1ccc(C[C@H]2N=c3ccccc3=CC23CC3)cc1. The first-order chi connectivity index (χ1) is 10.3. The number of hydrogen-bond acceptors (Lipinski definition) is 2. The van der Waals surface area contributed by atoms with Gasteiger partial charge < -0.3 is 4.74 Å². The second-order valence-corrected chi connectivity index (χ2v) is 6.13. The Hall–Kier alpha value is -2.09. The molecule has 0 bridgehead atoms. The van der Waals surface area contributed by atoms with Gasteiger partial charge in [-0.1, -0.05) is 36.4 Å². The third kappa shape index (κ3) is 2.25. The van der Waals surface area contributed by atoms with Crippen LogP contribution in [0.25, 0.3) is 6.08 Å². The van der Waals surface area contributed by atoms with Crippen LogP contribution in [0.3, 0.4) is 0 Å². The Morgan fingerprint density at radius 1 is 1.10 bits per heavy atom. The number of nitrogens with zero attached hydrogens (tertiary/aromatic N) is 1. The summed E-state index contributed by atoms with van der Waals surface area (Å²) in [5.41, 5.74) is 1.65. The molecule has 1 atom stereocenters. The number of benzene rings is 2. The van der Waals surface area contributed by atoms with Crippen LogP contribution in [-0.2, 0) is 6.42 Å². The summed E-state index contributed by atoms with van der Waals surface area (Å²) >= 11 is 0. The molecule has 4 rings (SSSR count). The van der Waals surface area contributed by atoms with Gasteiger partial charge in [0.15, 0.2) is 0 Å². The fraction of sp³-hybridized carbons (Fsp3) is 0.316. The van der Waals surface area contributed by atoms with Crippen LogP contribution in [0, 0.1) is 5.41 Å². The third-order valence-corrected chi connectivity index (χ3v) is 4.75. The van der Waals surface area contributed by atoms with Crippen LogP contribution in [0.4, 0.5) is 0 Å². The topological polar surface area (TPSA) is 21.6 Å². The molecule has 106 valence electrons. The van der Waals surface area contributed by atoms with Gasteiger partial charge in [-0.3, -0.25) is 4.99 Å². The summed E-state index contributed by atoms with van der Waals surface area (Å²) in [6.07, 6.45) is 6.01. The van der Waals surface area contributed by atoms with Crippen LogP contribution in [-0.4, -0.2) is 13.2 Å². The first-order valence-electron chi connectivity index (χ1n) is 7.58. The van der Waals surface area contributed by atoms with Crippen molar-refractivity contribution in [2.75, 3.05) is 7.11 Å². The molecular formula is C19H19NO. The zero-order valence-electron chi connectivity index (χ0n) is 12.3. The van der Waals surface area contributed by atoms with Gasteiger partial charge in [0.05, 0.1) is 18.5 Å². The number of hydrogen-bond donors (Lipinski definition) is 0. The highest BCUT2D eigenvalue weighted by atomic mass is 16.5. The molecule has 1 heterocycles. The summed E-state index contributed by atoms with van der Waals surface area (Å²) in [7, 11) is 1.70. The van der Waals surface area contributed by atoms with Gasteiger partial charge in [-0.2, -0.15) is 0 Å². The zero-order chi connectivity index (χ0) is 14.3. The maximum absolute atomic E-state index is 5.23. The molecule has 1 aliphatic heterocycles. The quantitative estimate of drug-likeness (QED) is 0.844. The van der Waals surface area contributed by atoms with Gasteiger partial charge in [-0.15, -0.1) is 0 Å². The third-order valence-electron chi connectivity index (χ3n) is 4.75. The molecule has 1 aliphatic carbocycles. The largest absolute Gasteiger partial charge is 0.497 e. The first kappa shape index (κ1) is 12.6. The molecule has 2 heteroatoms. The van der Waals surface area contributed by atoms with Crippen molar-refractivity contribution in [2.45, 2.75) is 25.3 Å². The van der Waals surface area contributed by atoms with Crippen molar-refractivity contribution in [3.63, 3.8) is 0 Å². The lowest BCUT2D eigenvalue weighted by atomic mass is 9.88. The van der Waals surface area contributed by atoms with E-state index in [0.29, 0.717) is 11.5 Å². The van der Waals surface area contributed by atoms with Gasteiger partial charge >= 0.3 is 0 Å². The molecule has 0 N–H and O–H groups in total. The van der Waals surface area contributed by atoms with Gasteiger partial charge in [-0.25, -0.2) is 0 Å². The van der Waals surface area contributed by atoms with E-state index in [1.807, 2.05) is 12.1 Å². The van der Waals surface area contributed by atoms with Crippen molar-refractivity contribution in [3.05, 3.63) is 64.7 Å². The average Bonchev–Trinajstić information content (AvgIpc) is 3.29. The van der Waals surface area contributed by atoms with Gasteiger partial charge in [0.25, 0.3) is 0 Å². The Balaban J connectivity index is 1.67. The van der Waals surface area contributed by atoms with E-state index in [2.05, 4.69) is 42.5 Å². The lowest BCUT2D eigenvalue weighted by Crippen LogP contribution is -2.37. The molecule has 0 amide bonds. The summed E-state index contributed by atoms with van der Waals surface area (Å²) in [5, 5.41) is 2.45. The van der Waals surface area contributed by atoms with E-state index >= 15 is 0 Å². The molecular weight excluding hydrogens is 258 g/mol. The monoisotopic (exact) mass is 277 g/mol. The molecule has 21 heavy (non-hydrogen) atoms. The van der Waals surface area contributed by atoms with Crippen LogP contribution in [0.5, 0.6) is 5.75 Å². The number of methoxy groups -OCH3 is 1. The molecule has 2 aromatic rings. The summed E-state index contributed by atoms with van der Waals surface area (Å²) < 4.78 is 5.23. The highest BCUT2D eigenvalue weighted by Gasteiger charge is 2.48. The van der Waals surface area contributed by atoms with Crippen LogP contribution in [0.2, 0.25) is 0 Å². The fourth-order valence-corrected chi connectivity index (χ4v) is 3.29. The zero-order valence-corrected chi connectivity index (χ0v) is 12.3. The van der Waals surface area contributed by atoms with E-state index in [4.69, 9.17) is 9.73 Å². The second-order valence-electron chi connectivity index (χ2n) is 6.13. The molecule has 1 fully saturated rings. The summed E-state index contributed by atoms with van der Waals surface area (Å²) in [5.74, 6) is 0.914. The van der Waals surface area contributed by atoms with Gasteiger partial charge in [-0.05, 0) is 48.2 Å². The van der Waals surface area contributed by atoms with E-state index < -0.39 is 0 Å². The molecule has 0 saturated heterocycles. The molecule has 0 unspecified atom stereocenters. The average molecular weight is 277 g/mol. The lowest BCUT2D eigenvalue weighted by Gasteiger charge is -2.23. The smallest absolute Gasteiger partial charge is 0.118 e. The number of ether oxygens (including phenoxy) is 1. The standard InChI is InChI=1S/C19H19NO/c1-21-16-8-6-14(7-9-16)12-18-19(10-11-19)13-15-4-2-3-5-17(15)20-18/h2-9,13,18H,10-12H2,1H3/t18-/m1/s1. The Kier molecular flexibility index (Phi) is 2.85. The molecule has 0 aromatic heterocycles. The van der Waals surface area contributed by atoms with Crippen LogP contribution < -0.4 is 15.3 Å². The summed E-state index contributed by atoms with van der Waals surface area (Å²) in [6.45, 7) is 0. The first-order valence-corrected chi connectivity index (χ1v) is 7.58. The Morgan fingerprint density at radius 3 is 2.57 bits per heavy atom. The van der Waals surface area contributed by atoms with Crippen molar-refractivity contribution in [2.24, 2.45) is 10.4 Å². The van der Waals surface area contributed by atoms with Crippen molar-refractivity contribution in [1.29, 1.82) is 0 Å². The van der Waals surface area contributed by atoms with E-state index in [1.54, 1.807) is 7.11 Å². The second kappa shape index (κ2) is 4.73. The molecule has 2 nitrogen and oxygen atoms in total. The number of fused-ring (bicyclic) bond motifs is 1. The van der Waals surface area contributed by atoms with Crippen molar-refractivity contribution in [3.8, 4) is 5.75 Å². The van der Waals surface area contributed by atoms with Crippen LogP contribution >= 0.6 is 0 Å². The number of rotatable bonds is 3. The molecule has 2 aromatic carbocycles. The van der Waals surface area contributed by atoms with Crippen molar-refractivity contribution < 1.29 is 4.74 Å². The number of para-hydroxylation sites is 1. The van der Waals surface area contributed by atoms with Gasteiger partial charge in [0.1, 0.15) is 5.75 Å². The van der Waals surface area contributed by atoms with E-state index in [1.165, 1.54) is 23.6 Å². The predicted octanol–water partition coefficient (Wildman–Crippen LogP) is 2.50. The lowest BCUT2D eigenvalue weighted by molar-refractivity contribution is 0.414. The van der Waals surface area contributed by atoms with Gasteiger partial charge in [0.2, 0.25) is 0 Å². The minimum atomic E-state index is 0.314. The van der Waals surface area contributed by atoms with E-state index in [0.717, 1.165) is 17.5 Å². The van der Waals surface area contributed by atoms with Crippen molar-refractivity contribution >= 4 is 6.08 Å². The Labute approximate surface area is 124 Å². The molecule has 2 aliphatic rings. The van der Waals surface area contributed by atoms with Crippen LogP contribution in [0.15, 0.2) is 53.5 Å². The maximum Gasteiger partial charge on any atom is 0.118 e. The van der Waals surface area contributed by atoms with E-state index in [-0.39, 0.29) is 0 Å². The summed E-state index contributed by atoms with van der Waals surface area (Å²) in [6, 6.07) is 17.3. The molecule has 1 saturated carbocycles. The molecule has 1 spiro atoms. The normalized spacial score (nSPS) is 21.1. The Bertz CT molecular complexity index is 772. The maximum atomic E-state index is 5.23. The van der Waals surface area contributed by atoms with Crippen molar-refractivity contribution in [1.82, 2.24) is 0 Å². The fourth-order valence-electron chi connectivity index (χ4n) is 3.29. The highest BCUT2D eigenvalue weighted by molar-refractivity contribution is 5.43. The van der Waals surface area contributed by atoms with Crippen LogP contribution in [0.1, 0.15) is 18.4 Å². The summed E-state index contributed by atoms with van der Waals surface area (Å²) in [4.78, 5) is 5.04. The Morgan fingerprint density at radius 2 is 1.86 bits per heavy atom.